The number of rotatable bonds is 1. The SMILES string of the molecule is Nc1nc2c(OC#P=O)cc(Cl)c(Cl)c2s1. The number of nitrogens with two attached hydrogens (primary N) is 1. The topological polar surface area (TPSA) is 65.2 Å². The van der Waals surface area contributed by atoms with E-state index < -0.39 is 0 Å². The van der Waals surface area contributed by atoms with Gasteiger partial charge < -0.3 is 0 Å². The average molecular weight is 293 g/mol. The molecule has 0 aliphatic rings. The van der Waals surface area contributed by atoms with Crippen molar-refractivity contribution in [1.29, 1.82) is 0 Å². The third-order valence-electron chi connectivity index (χ3n) is 1.74. The van der Waals surface area contributed by atoms with Crippen molar-refractivity contribution in [3.8, 4) is 11.6 Å². The Hall–Kier alpha value is -0.700. The molecule has 0 atom stereocenters. The summed E-state index contributed by atoms with van der Waals surface area (Å²) in [6, 6.07) is 1.48. The standard InChI is InChI=1S/C8H3Cl2N2O2PS/c9-3-1-4(14-2-15-13)6-7(5(3)10)16-8(11)12-6/h1H,(H2,11,12). The molecule has 2 rings (SSSR count). The minimum atomic E-state index is -0.365. The second-order valence-electron chi connectivity index (χ2n) is 2.68. The van der Waals surface area contributed by atoms with Gasteiger partial charge in [-0.1, -0.05) is 0 Å². The number of anilines is 1. The number of ether oxygens (including phenoxy) is 1. The molecule has 1 aromatic heterocycles. The summed E-state index contributed by atoms with van der Waals surface area (Å²) in [5, 5.41) is 1.04. The molecule has 82 valence electrons. The first-order valence-corrected chi connectivity index (χ1v) is 6.30. The van der Waals surface area contributed by atoms with E-state index in [0.29, 0.717) is 31.1 Å². The van der Waals surface area contributed by atoms with Crippen LogP contribution >= 0.6 is 42.5 Å². The summed E-state index contributed by atoms with van der Waals surface area (Å²) in [7, 11) is -0.365. The maximum atomic E-state index is 10.2. The van der Waals surface area contributed by atoms with Crippen molar-refractivity contribution in [3.05, 3.63) is 16.1 Å². The molecule has 0 aliphatic heterocycles. The molecule has 0 amide bonds. The zero-order valence-electron chi connectivity index (χ0n) is 7.53. The fraction of sp³-hybridized carbons (Fsp3) is 0. The summed E-state index contributed by atoms with van der Waals surface area (Å²) in [6.07, 6.45) is 0. The predicted octanol–water partition coefficient (Wildman–Crippen LogP) is 3.77. The first-order chi connectivity index (χ1) is 7.63. The fourth-order valence-corrected chi connectivity index (χ4v) is 2.59. The molecule has 0 saturated heterocycles. The van der Waals surface area contributed by atoms with Crippen LogP contribution in [0.3, 0.4) is 0 Å². The fourth-order valence-electron chi connectivity index (χ4n) is 1.15. The van der Waals surface area contributed by atoms with Gasteiger partial charge in [0.05, 0.1) is 0 Å². The van der Waals surface area contributed by atoms with Gasteiger partial charge in [-0.05, 0) is 0 Å². The third-order valence-corrected chi connectivity index (χ3v) is 3.70. The molecule has 16 heavy (non-hydrogen) atoms. The van der Waals surface area contributed by atoms with Crippen LogP contribution in [0.1, 0.15) is 0 Å². The van der Waals surface area contributed by atoms with Crippen molar-refractivity contribution in [2.75, 3.05) is 5.73 Å². The zero-order chi connectivity index (χ0) is 11.7. The third kappa shape index (κ3) is 2.05. The van der Waals surface area contributed by atoms with Crippen LogP contribution in [0, 0.1) is 5.81 Å². The summed E-state index contributed by atoms with van der Waals surface area (Å²) in [5.41, 5.74) is 6.05. The monoisotopic (exact) mass is 292 g/mol. The van der Waals surface area contributed by atoms with Crippen molar-refractivity contribution < 1.29 is 9.30 Å². The van der Waals surface area contributed by atoms with Crippen LogP contribution in [-0.4, -0.2) is 4.98 Å². The zero-order valence-corrected chi connectivity index (χ0v) is 10.8. The van der Waals surface area contributed by atoms with Gasteiger partial charge in [-0.15, -0.1) is 0 Å². The number of nitrogens with zero attached hydrogens (tertiary/aromatic N) is 1. The van der Waals surface area contributed by atoms with Crippen molar-refractivity contribution in [3.63, 3.8) is 0 Å². The Balaban J connectivity index is 2.76. The molecule has 0 radical (unpaired) electrons. The van der Waals surface area contributed by atoms with Crippen molar-refractivity contribution in [2.24, 2.45) is 0 Å². The molecule has 2 aromatic rings. The summed E-state index contributed by atoms with van der Waals surface area (Å²) in [5.74, 6) is 2.47. The molecular weight excluding hydrogens is 290 g/mol. The van der Waals surface area contributed by atoms with Gasteiger partial charge in [-0.3, -0.25) is 0 Å². The van der Waals surface area contributed by atoms with Crippen LogP contribution in [0.5, 0.6) is 5.75 Å². The summed E-state index contributed by atoms with van der Waals surface area (Å²) < 4.78 is 15.8. The number of halogens is 2. The van der Waals surface area contributed by atoms with Crippen LogP contribution in [-0.2, 0) is 4.57 Å². The number of thiazole rings is 1. The van der Waals surface area contributed by atoms with Crippen molar-refractivity contribution in [2.45, 2.75) is 0 Å². The number of nitrogen functional groups attached to an aromatic ring is 1. The Morgan fingerprint density at radius 1 is 1.56 bits per heavy atom. The molecule has 0 bridgehead atoms. The molecule has 0 aliphatic carbocycles. The van der Waals surface area contributed by atoms with E-state index in [4.69, 9.17) is 33.7 Å². The molecule has 2 N–H and O–H groups in total. The number of hydrogen-bond donors (Lipinski definition) is 1. The molecule has 0 fully saturated rings. The number of benzene rings is 1. The van der Waals surface area contributed by atoms with E-state index in [-0.39, 0.29) is 7.92 Å². The predicted molar refractivity (Wildman–Crippen MR) is 66.2 cm³/mol. The van der Waals surface area contributed by atoms with Gasteiger partial charge >= 0.3 is 105 Å². The van der Waals surface area contributed by atoms with Crippen LogP contribution < -0.4 is 10.5 Å². The quantitative estimate of drug-likeness (QED) is 0.813. The van der Waals surface area contributed by atoms with Crippen molar-refractivity contribution >= 4 is 57.8 Å². The van der Waals surface area contributed by atoms with E-state index in [9.17, 15) is 4.57 Å². The van der Waals surface area contributed by atoms with Gasteiger partial charge in [-0.25, -0.2) is 0 Å². The van der Waals surface area contributed by atoms with Crippen molar-refractivity contribution in [1.82, 2.24) is 4.98 Å². The van der Waals surface area contributed by atoms with E-state index in [1.54, 1.807) is 0 Å². The molecule has 1 aromatic carbocycles. The van der Waals surface area contributed by atoms with E-state index >= 15 is 0 Å². The van der Waals surface area contributed by atoms with Gasteiger partial charge in [0, 0.05) is 0 Å². The normalized spacial score (nSPS) is 10.1. The number of aromatic nitrogens is 1. The second-order valence-corrected chi connectivity index (χ2v) is 4.87. The van der Waals surface area contributed by atoms with Crippen LogP contribution in [0.25, 0.3) is 10.2 Å². The Morgan fingerprint density at radius 3 is 3.00 bits per heavy atom. The average Bonchev–Trinajstić information content (AvgIpc) is 2.64. The first kappa shape index (κ1) is 11.8. The summed E-state index contributed by atoms with van der Waals surface area (Å²) in [4.78, 5) is 4.05. The first-order valence-electron chi connectivity index (χ1n) is 3.91. The molecule has 8 heteroatoms. The van der Waals surface area contributed by atoms with Crippen LogP contribution in [0.2, 0.25) is 10.0 Å². The van der Waals surface area contributed by atoms with E-state index in [2.05, 4.69) is 10.8 Å². The molecule has 0 unspecified atom stereocenters. The van der Waals surface area contributed by atoms with Gasteiger partial charge in [-0.2, -0.15) is 0 Å². The van der Waals surface area contributed by atoms with Gasteiger partial charge in [0.1, 0.15) is 0 Å². The second kappa shape index (κ2) is 4.66. The summed E-state index contributed by atoms with van der Waals surface area (Å²) >= 11 is 13.1. The van der Waals surface area contributed by atoms with E-state index in [1.807, 2.05) is 0 Å². The van der Waals surface area contributed by atoms with Gasteiger partial charge in [0.15, 0.2) is 0 Å². The Morgan fingerprint density at radius 2 is 2.31 bits per heavy atom. The van der Waals surface area contributed by atoms with E-state index in [1.165, 1.54) is 17.4 Å². The van der Waals surface area contributed by atoms with E-state index in [0.717, 1.165) is 0 Å². The Labute approximate surface area is 105 Å². The molecule has 0 spiro atoms. The number of fused-ring (bicyclic) bond motifs is 1. The minimum absolute atomic E-state index is 0.317. The maximum absolute atomic E-state index is 10.2. The van der Waals surface area contributed by atoms with Gasteiger partial charge in [0.25, 0.3) is 0 Å². The Bertz CT molecular complexity index is 667. The molecule has 4 nitrogen and oxygen atoms in total. The Kier molecular flexibility index (Phi) is 3.43. The summed E-state index contributed by atoms with van der Waals surface area (Å²) in [6.45, 7) is 0. The number of hydrogen-bond acceptors (Lipinski definition) is 5. The van der Waals surface area contributed by atoms with Crippen LogP contribution in [0.4, 0.5) is 5.13 Å². The van der Waals surface area contributed by atoms with Crippen LogP contribution in [0.15, 0.2) is 6.07 Å². The molecular formula is C8H3Cl2N2O2PS. The van der Waals surface area contributed by atoms with Gasteiger partial charge in [0.2, 0.25) is 0 Å². The molecule has 1 heterocycles. The molecule has 0 saturated carbocycles.